The van der Waals surface area contributed by atoms with E-state index in [4.69, 9.17) is 0 Å². The average molecular weight is 340 g/mol. The van der Waals surface area contributed by atoms with Crippen molar-refractivity contribution in [1.29, 1.82) is 0 Å². The summed E-state index contributed by atoms with van der Waals surface area (Å²) >= 11 is 0. The highest BCUT2D eigenvalue weighted by Crippen LogP contribution is 2.52. The fourth-order valence-corrected chi connectivity index (χ4v) is 3.65. The molecule has 25 heavy (non-hydrogen) atoms. The van der Waals surface area contributed by atoms with E-state index in [-0.39, 0.29) is 16.9 Å². The zero-order valence-electron chi connectivity index (χ0n) is 12.4. The number of hydrogen-bond acceptors (Lipinski definition) is 5. The summed E-state index contributed by atoms with van der Waals surface area (Å²) in [6.07, 6.45) is 1.40. The predicted octanol–water partition coefficient (Wildman–Crippen LogP) is 0.269. The van der Waals surface area contributed by atoms with Gasteiger partial charge in [0.1, 0.15) is 22.9 Å². The van der Waals surface area contributed by atoms with Crippen LogP contribution in [-0.4, -0.2) is 26.1 Å². The number of hydrogen-bond donors (Lipinski definition) is 5. The van der Waals surface area contributed by atoms with Gasteiger partial charge in [-0.3, -0.25) is 24.7 Å². The lowest BCUT2D eigenvalue weighted by molar-refractivity contribution is -0.118. The first kappa shape index (κ1) is 13.7. The number of rotatable bonds is 0. The average Bonchev–Trinajstić information content (AvgIpc) is 3.11. The molecule has 2 aliphatic rings. The Morgan fingerprint density at radius 2 is 1.84 bits per heavy atom. The summed E-state index contributed by atoms with van der Waals surface area (Å²) in [5.41, 5.74) is -2.10. The first-order valence-electron chi connectivity index (χ1n) is 7.31. The molecule has 9 nitrogen and oxygen atoms in total. The molecule has 0 aliphatic carbocycles. The maximum absolute atomic E-state index is 13.9. The number of benzene rings is 1. The van der Waals surface area contributed by atoms with Crippen LogP contribution < -0.4 is 21.9 Å². The molecule has 124 valence electrons. The number of aromatic amines is 3. The molecule has 2 aromatic heterocycles. The van der Waals surface area contributed by atoms with Crippen LogP contribution in [0, 0.1) is 5.82 Å². The molecule has 3 aromatic rings. The highest BCUT2D eigenvalue weighted by Gasteiger charge is 2.56. The molecule has 0 saturated heterocycles. The van der Waals surface area contributed by atoms with Crippen molar-refractivity contribution < 1.29 is 9.18 Å². The van der Waals surface area contributed by atoms with Crippen molar-refractivity contribution in [1.82, 2.24) is 20.2 Å². The van der Waals surface area contributed by atoms with E-state index in [1.54, 1.807) is 0 Å². The molecule has 1 aromatic carbocycles. The highest BCUT2D eigenvalue weighted by atomic mass is 19.1. The number of amides is 1. The Balaban J connectivity index is 2.00. The monoisotopic (exact) mass is 340 g/mol. The van der Waals surface area contributed by atoms with E-state index in [2.05, 4.69) is 30.8 Å². The number of halogens is 1. The van der Waals surface area contributed by atoms with Crippen LogP contribution in [0.25, 0.3) is 0 Å². The van der Waals surface area contributed by atoms with E-state index in [1.165, 1.54) is 24.4 Å². The second-order valence-electron chi connectivity index (χ2n) is 5.84. The van der Waals surface area contributed by atoms with Gasteiger partial charge in [-0.15, -0.1) is 0 Å². The minimum atomic E-state index is -1.63. The van der Waals surface area contributed by atoms with Crippen molar-refractivity contribution >= 4 is 23.2 Å². The van der Waals surface area contributed by atoms with Crippen LogP contribution in [0.2, 0.25) is 0 Å². The van der Waals surface area contributed by atoms with Gasteiger partial charge in [0, 0.05) is 16.8 Å². The molecule has 0 radical (unpaired) electrons. The van der Waals surface area contributed by atoms with Crippen LogP contribution in [-0.2, 0) is 10.2 Å². The van der Waals surface area contributed by atoms with Crippen molar-refractivity contribution in [3.05, 3.63) is 67.7 Å². The fraction of sp³-hybridized carbons (Fsp3) is 0.0667. The number of H-pyrrole nitrogens is 3. The topological polar surface area (TPSA) is 136 Å². The SMILES string of the molecule is O=C1Nc2ccc(F)cc2C12c1cn[nH]c1Nc1[nH]c(=O)[nH]c(=O)c12. The van der Waals surface area contributed by atoms with E-state index in [1.807, 2.05) is 0 Å². The van der Waals surface area contributed by atoms with Crippen LogP contribution >= 0.6 is 0 Å². The lowest BCUT2D eigenvalue weighted by Crippen LogP contribution is -2.46. The van der Waals surface area contributed by atoms with E-state index in [9.17, 15) is 18.8 Å². The third-order valence-corrected chi connectivity index (χ3v) is 4.59. The molecule has 0 bridgehead atoms. The minimum Gasteiger partial charge on any atom is -0.326 e. The minimum absolute atomic E-state index is 0.0251. The molecular weight excluding hydrogens is 331 g/mol. The molecule has 1 atom stereocenters. The lowest BCUT2D eigenvalue weighted by Gasteiger charge is -2.32. The molecule has 5 rings (SSSR count). The highest BCUT2D eigenvalue weighted by molar-refractivity contribution is 6.13. The number of aromatic nitrogens is 4. The fourth-order valence-electron chi connectivity index (χ4n) is 3.65. The Morgan fingerprint density at radius 1 is 1.00 bits per heavy atom. The van der Waals surface area contributed by atoms with Gasteiger partial charge in [-0.1, -0.05) is 0 Å². The van der Waals surface area contributed by atoms with Crippen molar-refractivity contribution in [3.8, 4) is 0 Å². The van der Waals surface area contributed by atoms with Crippen molar-refractivity contribution in [2.24, 2.45) is 0 Å². The summed E-state index contributed by atoms with van der Waals surface area (Å²) < 4.78 is 13.9. The third-order valence-electron chi connectivity index (χ3n) is 4.59. The molecular formula is C15H9FN6O3. The molecule has 0 fully saturated rings. The molecule has 10 heteroatoms. The van der Waals surface area contributed by atoms with E-state index in [0.29, 0.717) is 17.1 Å². The first-order chi connectivity index (χ1) is 12.0. The maximum atomic E-state index is 13.9. The summed E-state index contributed by atoms with van der Waals surface area (Å²) in [4.78, 5) is 41.9. The van der Waals surface area contributed by atoms with Gasteiger partial charge in [-0.05, 0) is 18.2 Å². The second kappa shape index (κ2) is 4.23. The standard InChI is InChI=1S/C15H9FN6O3/c16-5-1-2-8-6(3-5)15(13(24)18-8)7-4-17-22-10(7)19-11-9(15)12(23)21-14(25)20-11/h1-4H,(H,18,24)(H4,17,19,20,21,22,23,25). The zero-order valence-corrected chi connectivity index (χ0v) is 12.4. The van der Waals surface area contributed by atoms with Crippen LogP contribution in [0.1, 0.15) is 16.7 Å². The van der Waals surface area contributed by atoms with E-state index in [0.717, 1.165) is 0 Å². The largest absolute Gasteiger partial charge is 0.327 e. The molecule has 1 unspecified atom stereocenters. The first-order valence-corrected chi connectivity index (χ1v) is 7.31. The maximum Gasteiger partial charge on any atom is 0.327 e. The van der Waals surface area contributed by atoms with Gasteiger partial charge >= 0.3 is 5.69 Å². The summed E-state index contributed by atoms with van der Waals surface area (Å²) in [6.45, 7) is 0. The van der Waals surface area contributed by atoms with E-state index >= 15 is 0 Å². The molecule has 1 spiro atoms. The molecule has 5 N–H and O–H groups in total. The Kier molecular flexibility index (Phi) is 2.32. The zero-order chi connectivity index (χ0) is 17.3. The Bertz CT molecular complexity index is 1190. The molecule has 1 amide bonds. The van der Waals surface area contributed by atoms with Crippen molar-refractivity contribution in [2.45, 2.75) is 5.41 Å². The van der Waals surface area contributed by atoms with E-state index < -0.39 is 28.4 Å². The summed E-state index contributed by atoms with van der Waals surface area (Å²) in [7, 11) is 0. The Hall–Kier alpha value is -3.69. The number of carbonyl (C=O) groups is 1. The quantitative estimate of drug-likeness (QED) is 0.400. The van der Waals surface area contributed by atoms with Gasteiger partial charge in [-0.2, -0.15) is 5.10 Å². The predicted molar refractivity (Wildman–Crippen MR) is 84.5 cm³/mol. The molecule has 0 saturated carbocycles. The number of nitrogens with zero attached hydrogens (tertiary/aromatic N) is 1. The Labute approximate surface area is 137 Å². The van der Waals surface area contributed by atoms with Gasteiger partial charge in [0.15, 0.2) is 0 Å². The normalized spacial score (nSPS) is 19.8. The number of carbonyl (C=O) groups excluding carboxylic acids is 1. The lowest BCUT2D eigenvalue weighted by atomic mass is 9.70. The van der Waals surface area contributed by atoms with Crippen LogP contribution in [0.4, 0.5) is 21.7 Å². The number of fused-ring (bicyclic) bond motifs is 6. The van der Waals surface area contributed by atoms with Gasteiger partial charge in [0.25, 0.3) is 5.56 Å². The van der Waals surface area contributed by atoms with Crippen LogP contribution in [0.15, 0.2) is 34.0 Å². The number of nitrogens with one attached hydrogen (secondary N) is 5. The van der Waals surface area contributed by atoms with Gasteiger partial charge in [0.05, 0.1) is 11.8 Å². The summed E-state index contributed by atoms with van der Waals surface area (Å²) in [5.74, 6) is -0.699. The van der Waals surface area contributed by atoms with Gasteiger partial charge in [0.2, 0.25) is 5.91 Å². The van der Waals surface area contributed by atoms with Crippen molar-refractivity contribution in [2.75, 3.05) is 10.6 Å². The molecule has 2 aliphatic heterocycles. The summed E-state index contributed by atoms with van der Waals surface area (Å²) in [5, 5.41) is 12.1. The Morgan fingerprint density at radius 3 is 2.68 bits per heavy atom. The van der Waals surface area contributed by atoms with Gasteiger partial charge in [-0.25, -0.2) is 9.18 Å². The number of anilines is 3. The van der Waals surface area contributed by atoms with Crippen molar-refractivity contribution in [3.63, 3.8) is 0 Å². The second-order valence-corrected chi connectivity index (χ2v) is 5.84. The van der Waals surface area contributed by atoms with Crippen LogP contribution in [0.5, 0.6) is 0 Å². The third kappa shape index (κ3) is 1.50. The van der Waals surface area contributed by atoms with Crippen LogP contribution in [0.3, 0.4) is 0 Å². The smallest absolute Gasteiger partial charge is 0.326 e. The summed E-state index contributed by atoms with van der Waals surface area (Å²) in [6, 6.07) is 3.84. The molecule has 4 heterocycles. The van der Waals surface area contributed by atoms with Gasteiger partial charge < -0.3 is 10.6 Å².